The minimum atomic E-state index is -0.539. The molecule has 6 heteroatoms. The third-order valence-corrected chi connectivity index (χ3v) is 4.18. The first-order valence-electron chi connectivity index (χ1n) is 6.92. The summed E-state index contributed by atoms with van der Waals surface area (Å²) in [5.41, 5.74) is 0.726. The fraction of sp³-hybridized carbons (Fsp3) is 0.467. The molecule has 1 amide bonds. The van der Waals surface area contributed by atoms with Crippen LogP contribution in [0.2, 0.25) is 0 Å². The highest BCUT2D eigenvalue weighted by molar-refractivity contribution is 7.13. The number of carbonyl (C=O) groups excluding carboxylic acids is 1. The Morgan fingerprint density at radius 3 is 2.86 bits per heavy atom. The first-order valence-corrected chi connectivity index (χ1v) is 7.74. The second-order valence-electron chi connectivity index (χ2n) is 5.34. The summed E-state index contributed by atoms with van der Waals surface area (Å²) < 4.78 is 5.22. The van der Waals surface area contributed by atoms with Gasteiger partial charge in [-0.3, -0.25) is 4.79 Å². The maximum atomic E-state index is 12.3. The van der Waals surface area contributed by atoms with Crippen molar-refractivity contribution in [3.63, 3.8) is 0 Å². The molecule has 2 heterocycles. The van der Waals surface area contributed by atoms with Crippen LogP contribution in [0.15, 0.2) is 22.8 Å². The molecule has 0 fully saturated rings. The number of amides is 1. The molecule has 0 saturated carbocycles. The van der Waals surface area contributed by atoms with Crippen LogP contribution in [0.1, 0.15) is 46.0 Å². The highest BCUT2D eigenvalue weighted by atomic mass is 32.1. The largest absolute Gasteiger partial charge is 0.467 e. The molecule has 114 valence electrons. The summed E-state index contributed by atoms with van der Waals surface area (Å²) in [6.07, 6.45) is 2.38. The smallest absolute Gasteiger partial charge is 0.263 e. The van der Waals surface area contributed by atoms with Gasteiger partial charge in [0.2, 0.25) is 0 Å². The standard InChI is InChI=1S/C15H20N2O3S/c1-9(2)7-13-16-10(3)14(21-13)15(19)17-11(8-18)12-5-4-6-20-12/h4-6,9,11,18H,7-8H2,1-3H3,(H,17,19). The molecular formula is C15H20N2O3S. The zero-order chi connectivity index (χ0) is 15.4. The number of hydrogen-bond donors (Lipinski definition) is 2. The lowest BCUT2D eigenvalue weighted by Gasteiger charge is -2.13. The normalized spacial score (nSPS) is 12.6. The minimum absolute atomic E-state index is 0.212. The molecule has 2 N–H and O–H groups in total. The lowest BCUT2D eigenvalue weighted by atomic mass is 10.1. The van der Waals surface area contributed by atoms with Crippen LogP contribution < -0.4 is 5.32 Å². The summed E-state index contributed by atoms with van der Waals surface area (Å²) in [6.45, 7) is 5.86. The quantitative estimate of drug-likeness (QED) is 0.860. The van der Waals surface area contributed by atoms with Gasteiger partial charge in [0.1, 0.15) is 16.7 Å². The van der Waals surface area contributed by atoms with E-state index in [1.165, 1.54) is 17.6 Å². The monoisotopic (exact) mass is 308 g/mol. The van der Waals surface area contributed by atoms with Crippen LogP contribution in [0.5, 0.6) is 0 Å². The molecule has 2 aromatic rings. The number of hydrogen-bond acceptors (Lipinski definition) is 5. The maximum Gasteiger partial charge on any atom is 0.263 e. The van der Waals surface area contributed by atoms with Gasteiger partial charge in [0.25, 0.3) is 5.91 Å². The second kappa shape index (κ2) is 6.87. The van der Waals surface area contributed by atoms with Crippen molar-refractivity contribution in [1.82, 2.24) is 10.3 Å². The Labute approximate surface area is 128 Å². The van der Waals surface area contributed by atoms with Crippen LogP contribution in [-0.4, -0.2) is 22.6 Å². The van der Waals surface area contributed by atoms with E-state index in [9.17, 15) is 9.90 Å². The van der Waals surface area contributed by atoms with E-state index in [4.69, 9.17) is 4.42 Å². The van der Waals surface area contributed by atoms with Gasteiger partial charge in [0, 0.05) is 6.42 Å². The van der Waals surface area contributed by atoms with Crippen LogP contribution in [0.4, 0.5) is 0 Å². The van der Waals surface area contributed by atoms with Crippen LogP contribution in [0, 0.1) is 12.8 Å². The number of rotatable bonds is 6. The zero-order valence-corrected chi connectivity index (χ0v) is 13.2. The average molecular weight is 308 g/mol. The Morgan fingerprint density at radius 2 is 2.29 bits per heavy atom. The van der Waals surface area contributed by atoms with Gasteiger partial charge >= 0.3 is 0 Å². The number of aliphatic hydroxyl groups excluding tert-OH is 1. The van der Waals surface area contributed by atoms with E-state index in [2.05, 4.69) is 24.1 Å². The third-order valence-electron chi connectivity index (χ3n) is 3.00. The summed E-state index contributed by atoms with van der Waals surface area (Å²) in [5.74, 6) is 0.811. The predicted octanol–water partition coefficient (Wildman–Crippen LogP) is 2.71. The van der Waals surface area contributed by atoms with Crippen molar-refractivity contribution in [2.45, 2.75) is 33.2 Å². The average Bonchev–Trinajstić information content (AvgIpc) is 3.05. The van der Waals surface area contributed by atoms with Crippen LogP contribution in [0.25, 0.3) is 0 Å². The first kappa shape index (κ1) is 15.7. The number of aliphatic hydroxyl groups is 1. The van der Waals surface area contributed by atoms with Crippen molar-refractivity contribution < 1.29 is 14.3 Å². The highest BCUT2D eigenvalue weighted by Gasteiger charge is 2.21. The van der Waals surface area contributed by atoms with Crippen molar-refractivity contribution in [2.24, 2.45) is 5.92 Å². The molecule has 1 atom stereocenters. The van der Waals surface area contributed by atoms with Crippen molar-refractivity contribution in [1.29, 1.82) is 0 Å². The van der Waals surface area contributed by atoms with Gasteiger partial charge in [-0.05, 0) is 25.0 Å². The fourth-order valence-corrected chi connectivity index (χ4v) is 3.20. The van der Waals surface area contributed by atoms with Gasteiger partial charge in [-0.15, -0.1) is 11.3 Å². The van der Waals surface area contributed by atoms with E-state index in [1.54, 1.807) is 12.1 Å². The van der Waals surface area contributed by atoms with Crippen molar-refractivity contribution in [2.75, 3.05) is 6.61 Å². The van der Waals surface area contributed by atoms with Crippen molar-refractivity contribution in [3.8, 4) is 0 Å². The van der Waals surface area contributed by atoms with Gasteiger partial charge in [-0.25, -0.2) is 4.98 Å². The maximum absolute atomic E-state index is 12.3. The number of thiazole rings is 1. The molecule has 0 radical (unpaired) electrons. The summed E-state index contributed by atoms with van der Waals surface area (Å²) in [6, 6.07) is 2.91. The topological polar surface area (TPSA) is 75.4 Å². The lowest BCUT2D eigenvalue weighted by Crippen LogP contribution is -2.30. The Hall–Kier alpha value is -1.66. The van der Waals surface area contributed by atoms with Crippen LogP contribution in [-0.2, 0) is 6.42 Å². The van der Waals surface area contributed by atoms with Crippen molar-refractivity contribution in [3.05, 3.63) is 39.7 Å². The molecule has 1 unspecified atom stereocenters. The van der Waals surface area contributed by atoms with Gasteiger partial charge in [-0.2, -0.15) is 0 Å². The number of aromatic nitrogens is 1. The molecule has 0 aliphatic carbocycles. The fourth-order valence-electron chi connectivity index (χ4n) is 2.02. The number of furan rings is 1. The van der Waals surface area contributed by atoms with E-state index in [-0.39, 0.29) is 12.5 Å². The van der Waals surface area contributed by atoms with Crippen molar-refractivity contribution >= 4 is 17.2 Å². The Kier molecular flexibility index (Phi) is 5.14. The number of nitrogens with one attached hydrogen (secondary N) is 1. The molecule has 0 aromatic carbocycles. The third kappa shape index (κ3) is 3.92. The van der Waals surface area contributed by atoms with E-state index < -0.39 is 6.04 Å². The summed E-state index contributed by atoms with van der Waals surface area (Å²) in [4.78, 5) is 17.4. The van der Waals surface area contributed by atoms with E-state index in [0.29, 0.717) is 16.6 Å². The van der Waals surface area contributed by atoms with Gasteiger partial charge in [-0.1, -0.05) is 13.8 Å². The number of carbonyl (C=O) groups is 1. The summed E-state index contributed by atoms with van der Waals surface area (Å²) in [7, 11) is 0. The first-order chi connectivity index (χ1) is 10.0. The second-order valence-corrected chi connectivity index (χ2v) is 6.43. The lowest BCUT2D eigenvalue weighted by molar-refractivity contribution is 0.0910. The Morgan fingerprint density at radius 1 is 1.52 bits per heavy atom. The highest BCUT2D eigenvalue weighted by Crippen LogP contribution is 2.22. The Bertz CT molecular complexity index is 590. The molecule has 0 bridgehead atoms. The SMILES string of the molecule is Cc1nc(CC(C)C)sc1C(=O)NC(CO)c1ccco1. The summed E-state index contributed by atoms with van der Waals surface area (Å²) >= 11 is 1.41. The molecule has 2 rings (SSSR count). The summed E-state index contributed by atoms with van der Waals surface area (Å²) in [5, 5.41) is 13.1. The molecule has 0 aliphatic rings. The van der Waals surface area contributed by atoms with Gasteiger partial charge in [0.15, 0.2) is 0 Å². The Balaban J connectivity index is 2.11. The number of nitrogens with zero attached hydrogens (tertiary/aromatic N) is 1. The predicted molar refractivity (Wildman–Crippen MR) is 81.4 cm³/mol. The van der Waals surface area contributed by atoms with E-state index in [1.807, 2.05) is 6.92 Å². The van der Waals surface area contributed by atoms with Gasteiger partial charge < -0.3 is 14.8 Å². The molecule has 5 nitrogen and oxygen atoms in total. The number of aryl methyl sites for hydroxylation is 1. The molecule has 2 aromatic heterocycles. The van der Waals surface area contributed by atoms with Crippen LogP contribution in [0.3, 0.4) is 0 Å². The van der Waals surface area contributed by atoms with Gasteiger partial charge in [0.05, 0.1) is 23.6 Å². The minimum Gasteiger partial charge on any atom is -0.467 e. The molecule has 0 spiro atoms. The van der Waals surface area contributed by atoms with E-state index in [0.717, 1.165) is 17.1 Å². The van der Waals surface area contributed by atoms with Crippen LogP contribution >= 0.6 is 11.3 Å². The molecular weight excluding hydrogens is 288 g/mol. The molecule has 0 saturated heterocycles. The molecule has 0 aliphatic heterocycles. The van der Waals surface area contributed by atoms with E-state index >= 15 is 0 Å². The zero-order valence-electron chi connectivity index (χ0n) is 12.4. The molecule has 21 heavy (non-hydrogen) atoms.